The van der Waals surface area contributed by atoms with Crippen LogP contribution in [0.5, 0.6) is 0 Å². The van der Waals surface area contributed by atoms with Gasteiger partial charge in [-0.15, -0.1) is 11.3 Å². The summed E-state index contributed by atoms with van der Waals surface area (Å²) in [6.07, 6.45) is 4.44. The number of thiophene rings is 1. The molecule has 1 aromatic carbocycles. The Hall–Kier alpha value is -1.21. The largest absolute Gasteiger partial charge is 0.301 e. The van der Waals surface area contributed by atoms with Crippen LogP contribution in [0.2, 0.25) is 0 Å². The summed E-state index contributed by atoms with van der Waals surface area (Å²) in [7, 11) is 0. The molecule has 0 spiro atoms. The molecule has 7 heteroatoms. The number of nitrogens with one attached hydrogen (secondary N) is 1. The smallest absolute Gasteiger partial charge is 0.260 e. The number of nitrogens with zero attached hydrogens (tertiary/aromatic N) is 1. The van der Waals surface area contributed by atoms with Crippen molar-refractivity contribution in [1.82, 2.24) is 9.97 Å². The van der Waals surface area contributed by atoms with Gasteiger partial charge in [-0.25, -0.2) is 4.98 Å². The highest BCUT2D eigenvalue weighted by molar-refractivity contribution is 8.02. The molecule has 4 rings (SSSR count). The van der Waals surface area contributed by atoms with Crippen molar-refractivity contribution >= 4 is 56.7 Å². The third-order valence-electron chi connectivity index (χ3n) is 4.22. The monoisotopic (exact) mass is 420 g/mol. The highest BCUT2D eigenvalue weighted by Crippen LogP contribution is 2.34. The average molecular weight is 421 g/mol. The lowest BCUT2D eigenvalue weighted by Crippen LogP contribution is -2.11. The number of benzene rings is 1. The molecule has 0 fully saturated rings. The Morgan fingerprint density at radius 2 is 2.08 bits per heavy atom. The number of H-pyrrole nitrogens is 1. The molecule has 3 nitrogen and oxygen atoms in total. The first-order valence-corrected chi connectivity index (χ1v) is 11.5. The Bertz CT molecular complexity index is 1010. The lowest BCUT2D eigenvalue weighted by Gasteiger charge is -2.09. The van der Waals surface area contributed by atoms with Crippen LogP contribution < -0.4 is 5.56 Å². The van der Waals surface area contributed by atoms with Crippen molar-refractivity contribution in [2.24, 2.45) is 0 Å². The van der Waals surface area contributed by atoms with E-state index < -0.39 is 0 Å². The number of aromatic nitrogens is 2. The third kappa shape index (κ3) is 4.03. The lowest BCUT2D eigenvalue weighted by molar-refractivity contribution is 0.700. The second-order valence-corrected chi connectivity index (χ2v) is 9.52. The predicted molar refractivity (Wildman–Crippen MR) is 114 cm³/mol. The molecule has 2 aromatic heterocycles. The van der Waals surface area contributed by atoms with Crippen LogP contribution in [0.4, 0.5) is 0 Å². The van der Waals surface area contributed by atoms with Crippen LogP contribution in [-0.2, 0) is 12.8 Å². The third-order valence-corrected chi connectivity index (χ3v) is 7.80. The van der Waals surface area contributed by atoms with E-state index in [0.29, 0.717) is 10.9 Å². The van der Waals surface area contributed by atoms with E-state index in [-0.39, 0.29) is 5.56 Å². The van der Waals surface area contributed by atoms with Crippen molar-refractivity contribution in [2.75, 3.05) is 5.75 Å². The Labute approximate surface area is 169 Å². The predicted octanol–water partition coefficient (Wildman–Crippen LogP) is 5.83. The summed E-state index contributed by atoms with van der Waals surface area (Å²) in [4.78, 5) is 23.5. The fourth-order valence-corrected chi connectivity index (χ4v) is 6.08. The zero-order chi connectivity index (χ0) is 17.9. The molecule has 0 aliphatic heterocycles. The van der Waals surface area contributed by atoms with Gasteiger partial charge < -0.3 is 4.98 Å². The average Bonchev–Trinajstić information content (AvgIpc) is 3.04. The van der Waals surface area contributed by atoms with Crippen LogP contribution in [0.25, 0.3) is 10.2 Å². The summed E-state index contributed by atoms with van der Waals surface area (Å²) in [6.45, 7) is 0. The van der Waals surface area contributed by atoms with Crippen molar-refractivity contribution in [2.45, 2.75) is 35.7 Å². The maximum Gasteiger partial charge on any atom is 0.260 e. The number of fused-ring (bicyclic) bond motifs is 3. The van der Waals surface area contributed by atoms with E-state index in [9.17, 15) is 4.79 Å². The van der Waals surface area contributed by atoms with Crippen molar-refractivity contribution in [3.63, 3.8) is 0 Å². The molecule has 1 N–H and O–H groups in total. The maximum absolute atomic E-state index is 12.5. The van der Waals surface area contributed by atoms with Gasteiger partial charge in [0.1, 0.15) is 4.83 Å². The second kappa shape index (κ2) is 8.21. The highest BCUT2D eigenvalue weighted by Gasteiger charge is 2.19. The fraction of sp³-hybridized carbons (Fsp3) is 0.263. The van der Waals surface area contributed by atoms with Gasteiger partial charge in [0.2, 0.25) is 0 Å². The molecule has 0 radical (unpaired) electrons. The van der Waals surface area contributed by atoms with Crippen molar-refractivity contribution < 1.29 is 0 Å². The van der Waals surface area contributed by atoms with E-state index in [1.54, 1.807) is 23.1 Å². The standard InChI is InChI=1S/C19H17ClN2OS3/c20-12(10-24-13-6-2-1-3-7-13)11-25-19-21-17(23)16-14-8-4-5-9-15(14)26-18(16)22-19/h1-3,6-7,10H,4-5,8-9,11H2,(H,21,22,23)/b12-10-. The number of hydrogen-bond acceptors (Lipinski definition) is 5. The van der Waals surface area contributed by atoms with Gasteiger partial charge in [0.15, 0.2) is 5.16 Å². The van der Waals surface area contributed by atoms with Gasteiger partial charge in [0, 0.05) is 20.6 Å². The molecule has 0 saturated heterocycles. The molecule has 0 atom stereocenters. The Balaban J connectivity index is 1.48. The molecule has 26 heavy (non-hydrogen) atoms. The normalized spacial score (nSPS) is 14.6. The highest BCUT2D eigenvalue weighted by atomic mass is 35.5. The summed E-state index contributed by atoms with van der Waals surface area (Å²) in [5.41, 5.74) is 1.20. The molecule has 1 aliphatic carbocycles. The number of thioether (sulfide) groups is 2. The SMILES string of the molecule is O=c1[nH]c(SC/C(Cl)=C/Sc2ccccc2)nc2sc3c(c12)CCCC3. The molecule has 0 saturated carbocycles. The van der Waals surface area contributed by atoms with Crippen LogP contribution in [0, 0.1) is 0 Å². The minimum Gasteiger partial charge on any atom is -0.301 e. The fourth-order valence-electron chi connectivity index (χ4n) is 3.01. The number of aryl methyl sites for hydroxylation is 2. The first-order chi connectivity index (χ1) is 12.7. The second-order valence-electron chi connectivity index (χ2n) is 6.05. The van der Waals surface area contributed by atoms with Gasteiger partial charge >= 0.3 is 0 Å². The van der Waals surface area contributed by atoms with Crippen LogP contribution in [0.1, 0.15) is 23.3 Å². The summed E-state index contributed by atoms with van der Waals surface area (Å²) in [6, 6.07) is 10.1. The summed E-state index contributed by atoms with van der Waals surface area (Å²) >= 11 is 11.1. The molecule has 0 bridgehead atoms. The van der Waals surface area contributed by atoms with Crippen molar-refractivity contribution in [1.29, 1.82) is 0 Å². The molecule has 2 heterocycles. The first kappa shape index (κ1) is 18.2. The summed E-state index contributed by atoms with van der Waals surface area (Å²) < 4.78 is 0. The van der Waals surface area contributed by atoms with Gasteiger partial charge in [-0.1, -0.05) is 53.3 Å². The molecular formula is C19H17ClN2OS3. The van der Waals surface area contributed by atoms with Crippen LogP contribution in [-0.4, -0.2) is 15.7 Å². The molecule has 0 unspecified atom stereocenters. The van der Waals surface area contributed by atoms with E-state index >= 15 is 0 Å². The minimum atomic E-state index is -0.0179. The summed E-state index contributed by atoms with van der Waals surface area (Å²) in [5.74, 6) is 0.584. The zero-order valence-corrected chi connectivity index (χ0v) is 17.2. The maximum atomic E-state index is 12.5. The quantitative estimate of drug-likeness (QED) is 0.416. The number of hydrogen-bond donors (Lipinski definition) is 1. The lowest BCUT2D eigenvalue weighted by atomic mass is 9.97. The topological polar surface area (TPSA) is 45.8 Å². The summed E-state index contributed by atoms with van der Waals surface area (Å²) in [5, 5.41) is 4.11. The molecule has 3 aromatic rings. The molecule has 1 aliphatic rings. The molecule has 0 amide bonds. The van der Waals surface area contributed by atoms with Crippen molar-refractivity contribution in [3.05, 3.63) is 61.6 Å². The van der Waals surface area contributed by atoms with E-state index in [0.717, 1.165) is 39.4 Å². The first-order valence-electron chi connectivity index (χ1n) is 8.44. The van der Waals surface area contributed by atoms with E-state index in [1.807, 2.05) is 35.7 Å². The van der Waals surface area contributed by atoms with Crippen LogP contribution in [0.15, 0.2) is 55.6 Å². The zero-order valence-electron chi connectivity index (χ0n) is 14.0. The number of halogens is 1. The van der Waals surface area contributed by atoms with E-state index in [2.05, 4.69) is 9.97 Å². The van der Waals surface area contributed by atoms with Gasteiger partial charge in [0.25, 0.3) is 5.56 Å². The number of aromatic amines is 1. The Morgan fingerprint density at radius 3 is 2.92 bits per heavy atom. The van der Waals surface area contributed by atoms with Crippen LogP contribution >= 0.6 is 46.5 Å². The van der Waals surface area contributed by atoms with E-state index in [4.69, 9.17) is 11.6 Å². The minimum absolute atomic E-state index is 0.0179. The molecular weight excluding hydrogens is 404 g/mol. The Kier molecular flexibility index (Phi) is 5.74. The van der Waals surface area contributed by atoms with E-state index in [1.165, 1.54) is 28.6 Å². The van der Waals surface area contributed by atoms with Gasteiger partial charge in [-0.2, -0.15) is 0 Å². The molecule has 134 valence electrons. The van der Waals surface area contributed by atoms with Gasteiger partial charge in [-0.3, -0.25) is 4.79 Å². The van der Waals surface area contributed by atoms with Gasteiger partial charge in [-0.05, 0) is 48.8 Å². The van der Waals surface area contributed by atoms with Gasteiger partial charge in [0.05, 0.1) is 5.39 Å². The number of rotatable bonds is 5. The van der Waals surface area contributed by atoms with Crippen molar-refractivity contribution in [3.8, 4) is 0 Å². The Morgan fingerprint density at radius 1 is 1.27 bits per heavy atom. The van der Waals surface area contributed by atoms with Crippen LogP contribution in [0.3, 0.4) is 0 Å².